The normalized spacial score (nSPS) is 13.5. The number of carbonyl (C=O) groups is 1. The van der Waals surface area contributed by atoms with Gasteiger partial charge < -0.3 is 14.6 Å². The number of carboxylic acids is 1. The standard InChI is InChI=1S/C20H25ClN2O6S/c1-2-19(23-30(26,27)18-8-5-15(21)6-9-18)29-16(7-10-20(24)25)11-13-28-17-4-3-12-22-14-17/h3-6,8-9,12,14,16,19,23H,2,7,10-11,13H2,1H3,(H,24,25). The lowest BCUT2D eigenvalue weighted by Crippen LogP contribution is -2.39. The zero-order valence-electron chi connectivity index (χ0n) is 16.5. The van der Waals surface area contributed by atoms with Gasteiger partial charge in [-0.3, -0.25) is 9.78 Å². The molecule has 0 fully saturated rings. The molecule has 164 valence electrons. The fourth-order valence-corrected chi connectivity index (χ4v) is 3.92. The molecule has 1 heterocycles. The van der Waals surface area contributed by atoms with E-state index in [4.69, 9.17) is 26.2 Å². The number of pyridine rings is 1. The van der Waals surface area contributed by atoms with Crippen LogP contribution in [-0.4, -0.2) is 43.4 Å². The second-order valence-electron chi connectivity index (χ2n) is 6.49. The lowest BCUT2D eigenvalue weighted by Gasteiger charge is -2.25. The number of aromatic nitrogens is 1. The number of rotatable bonds is 13. The molecule has 0 aliphatic heterocycles. The molecule has 1 aromatic carbocycles. The molecule has 0 radical (unpaired) electrons. The number of halogens is 1. The fourth-order valence-electron chi connectivity index (χ4n) is 2.60. The average Bonchev–Trinajstić information content (AvgIpc) is 2.72. The quantitative estimate of drug-likeness (QED) is 0.443. The van der Waals surface area contributed by atoms with Gasteiger partial charge in [0.15, 0.2) is 0 Å². The Bertz CT molecular complexity index is 893. The molecule has 0 bridgehead atoms. The van der Waals surface area contributed by atoms with Crippen molar-refractivity contribution >= 4 is 27.6 Å². The first-order valence-corrected chi connectivity index (χ1v) is 11.3. The molecule has 0 amide bonds. The van der Waals surface area contributed by atoms with E-state index in [-0.39, 0.29) is 24.3 Å². The van der Waals surface area contributed by atoms with Crippen LogP contribution in [0.1, 0.15) is 32.6 Å². The first-order valence-electron chi connectivity index (χ1n) is 9.48. The SMILES string of the molecule is CCC(NS(=O)(=O)c1ccc(Cl)cc1)OC(CCOc1cccnc1)CCC(=O)O. The Hall–Kier alpha value is -2.20. The van der Waals surface area contributed by atoms with Gasteiger partial charge in [0.2, 0.25) is 10.0 Å². The van der Waals surface area contributed by atoms with Gasteiger partial charge in [0.05, 0.1) is 23.8 Å². The summed E-state index contributed by atoms with van der Waals surface area (Å²) in [5, 5.41) is 9.43. The summed E-state index contributed by atoms with van der Waals surface area (Å²) in [7, 11) is -3.82. The van der Waals surface area contributed by atoms with Crippen molar-refractivity contribution in [3.8, 4) is 5.75 Å². The molecule has 2 N–H and O–H groups in total. The van der Waals surface area contributed by atoms with Crippen LogP contribution in [0.3, 0.4) is 0 Å². The maximum Gasteiger partial charge on any atom is 0.303 e. The average molecular weight is 457 g/mol. The number of aliphatic carboxylic acids is 1. The molecular formula is C20H25ClN2O6S. The number of sulfonamides is 1. The number of nitrogens with one attached hydrogen (secondary N) is 1. The molecule has 2 atom stereocenters. The molecule has 2 aromatic rings. The van der Waals surface area contributed by atoms with Crippen molar-refractivity contribution in [2.24, 2.45) is 0 Å². The van der Waals surface area contributed by atoms with Gasteiger partial charge >= 0.3 is 5.97 Å². The van der Waals surface area contributed by atoms with E-state index in [2.05, 4.69) is 9.71 Å². The van der Waals surface area contributed by atoms with Crippen molar-refractivity contribution in [2.45, 2.75) is 49.8 Å². The molecule has 0 aliphatic rings. The summed E-state index contributed by atoms with van der Waals surface area (Å²) in [6, 6.07) is 9.29. The van der Waals surface area contributed by atoms with Crippen molar-refractivity contribution in [3.05, 3.63) is 53.8 Å². The van der Waals surface area contributed by atoms with Crippen molar-refractivity contribution in [1.29, 1.82) is 0 Å². The monoisotopic (exact) mass is 456 g/mol. The van der Waals surface area contributed by atoms with Gasteiger partial charge in [-0.1, -0.05) is 18.5 Å². The predicted octanol–water partition coefficient (Wildman–Crippen LogP) is 3.47. The molecule has 8 nitrogen and oxygen atoms in total. The van der Waals surface area contributed by atoms with Crippen LogP contribution in [0.15, 0.2) is 53.7 Å². The van der Waals surface area contributed by atoms with Gasteiger partial charge in [0.25, 0.3) is 0 Å². The fraction of sp³-hybridized carbons (Fsp3) is 0.400. The molecule has 1 aromatic heterocycles. The predicted molar refractivity (Wildman–Crippen MR) is 112 cm³/mol. The number of hydrogen-bond donors (Lipinski definition) is 2. The van der Waals surface area contributed by atoms with E-state index in [1.807, 2.05) is 0 Å². The number of carboxylic acid groups (broad SMARTS) is 1. The van der Waals surface area contributed by atoms with E-state index in [1.54, 1.807) is 31.5 Å². The smallest absolute Gasteiger partial charge is 0.303 e. The summed E-state index contributed by atoms with van der Waals surface area (Å²) in [5.74, 6) is -0.364. The molecule has 0 saturated carbocycles. The minimum atomic E-state index is -3.82. The molecule has 0 spiro atoms. The highest BCUT2D eigenvalue weighted by Crippen LogP contribution is 2.17. The topological polar surface area (TPSA) is 115 Å². The highest BCUT2D eigenvalue weighted by atomic mass is 35.5. The Kier molecular flexibility index (Phi) is 9.51. The maximum absolute atomic E-state index is 12.6. The third-order valence-electron chi connectivity index (χ3n) is 4.16. The summed E-state index contributed by atoms with van der Waals surface area (Å²) in [6.07, 6.45) is 2.76. The third-order valence-corrected chi connectivity index (χ3v) is 5.88. The zero-order chi connectivity index (χ0) is 22.0. The van der Waals surface area contributed by atoms with Crippen LogP contribution in [0.2, 0.25) is 5.02 Å². The second kappa shape index (κ2) is 11.8. The van der Waals surface area contributed by atoms with E-state index in [0.29, 0.717) is 23.6 Å². The highest BCUT2D eigenvalue weighted by Gasteiger charge is 2.23. The molecular weight excluding hydrogens is 432 g/mol. The lowest BCUT2D eigenvalue weighted by molar-refractivity contribution is -0.138. The first-order chi connectivity index (χ1) is 14.3. The number of benzene rings is 1. The van der Waals surface area contributed by atoms with E-state index in [9.17, 15) is 13.2 Å². The minimum absolute atomic E-state index is 0.0657. The Morgan fingerprint density at radius 3 is 2.57 bits per heavy atom. The summed E-state index contributed by atoms with van der Waals surface area (Å²) >= 11 is 5.81. The Balaban J connectivity index is 1.99. The largest absolute Gasteiger partial charge is 0.492 e. The summed E-state index contributed by atoms with van der Waals surface area (Å²) < 4.78 is 39.2. The van der Waals surface area contributed by atoms with Gasteiger partial charge in [0, 0.05) is 24.1 Å². The number of ether oxygens (including phenoxy) is 2. The van der Waals surface area contributed by atoms with Gasteiger partial charge in [-0.25, -0.2) is 8.42 Å². The second-order valence-corrected chi connectivity index (χ2v) is 8.64. The van der Waals surface area contributed by atoms with E-state index < -0.39 is 28.3 Å². The minimum Gasteiger partial charge on any atom is -0.492 e. The van der Waals surface area contributed by atoms with Crippen molar-refractivity contribution < 1.29 is 27.8 Å². The van der Waals surface area contributed by atoms with Crippen LogP contribution in [-0.2, 0) is 19.6 Å². The summed E-state index contributed by atoms with van der Waals surface area (Å²) in [5.41, 5.74) is 0. The van der Waals surface area contributed by atoms with Crippen molar-refractivity contribution in [2.75, 3.05) is 6.61 Å². The Labute approximate surface area is 181 Å². The van der Waals surface area contributed by atoms with E-state index >= 15 is 0 Å². The van der Waals surface area contributed by atoms with Crippen LogP contribution in [0.4, 0.5) is 0 Å². The van der Waals surface area contributed by atoms with Crippen LogP contribution in [0, 0.1) is 0 Å². The number of hydrogen-bond acceptors (Lipinski definition) is 6. The highest BCUT2D eigenvalue weighted by molar-refractivity contribution is 7.89. The summed E-state index contributed by atoms with van der Waals surface area (Å²) in [6.45, 7) is 2.05. The summed E-state index contributed by atoms with van der Waals surface area (Å²) in [4.78, 5) is 15.0. The lowest BCUT2D eigenvalue weighted by atomic mass is 10.1. The third kappa shape index (κ3) is 8.27. The van der Waals surface area contributed by atoms with Crippen molar-refractivity contribution in [3.63, 3.8) is 0 Å². The van der Waals surface area contributed by atoms with E-state index in [1.165, 1.54) is 24.3 Å². The van der Waals surface area contributed by atoms with Crippen LogP contribution in [0.5, 0.6) is 5.75 Å². The Morgan fingerprint density at radius 2 is 1.97 bits per heavy atom. The molecule has 10 heteroatoms. The van der Waals surface area contributed by atoms with Crippen LogP contribution < -0.4 is 9.46 Å². The van der Waals surface area contributed by atoms with Crippen LogP contribution >= 0.6 is 11.6 Å². The van der Waals surface area contributed by atoms with Gasteiger partial charge in [-0.15, -0.1) is 0 Å². The molecule has 2 rings (SSSR count). The molecule has 0 saturated heterocycles. The molecule has 30 heavy (non-hydrogen) atoms. The van der Waals surface area contributed by atoms with Gasteiger partial charge in [0.1, 0.15) is 12.0 Å². The first kappa shape index (κ1) is 24.1. The Morgan fingerprint density at radius 1 is 1.23 bits per heavy atom. The maximum atomic E-state index is 12.6. The number of nitrogens with zero attached hydrogens (tertiary/aromatic N) is 1. The molecule has 0 aliphatic carbocycles. The molecule has 2 unspecified atom stereocenters. The van der Waals surface area contributed by atoms with Gasteiger partial charge in [-0.05, 0) is 49.2 Å². The van der Waals surface area contributed by atoms with E-state index in [0.717, 1.165) is 0 Å². The zero-order valence-corrected chi connectivity index (χ0v) is 18.1. The van der Waals surface area contributed by atoms with Gasteiger partial charge in [-0.2, -0.15) is 4.72 Å². The van der Waals surface area contributed by atoms with Crippen LogP contribution in [0.25, 0.3) is 0 Å². The van der Waals surface area contributed by atoms with Crippen molar-refractivity contribution in [1.82, 2.24) is 9.71 Å².